The Morgan fingerprint density at radius 3 is 2.90 bits per heavy atom. The standard InChI is InChI=1S/C15H13ClN4/c16-12-6-3-9(17)8-11(12)14-19-13-2-1-7-18-15(13)20(14)10-4-5-10/h1-3,6-8,10H,4-5,17H2. The fraction of sp³-hybridized carbons (Fsp3) is 0.200. The molecule has 4 rings (SSSR count). The van der Waals surface area contributed by atoms with Gasteiger partial charge in [-0.2, -0.15) is 0 Å². The van der Waals surface area contributed by atoms with Gasteiger partial charge in [0, 0.05) is 23.5 Å². The van der Waals surface area contributed by atoms with E-state index in [1.807, 2.05) is 24.3 Å². The normalized spacial score (nSPS) is 14.8. The number of nitrogens with two attached hydrogens (primary N) is 1. The van der Waals surface area contributed by atoms with E-state index in [1.54, 1.807) is 12.3 Å². The van der Waals surface area contributed by atoms with Gasteiger partial charge in [0.2, 0.25) is 0 Å². The van der Waals surface area contributed by atoms with Crippen molar-refractivity contribution in [1.82, 2.24) is 14.5 Å². The lowest BCUT2D eigenvalue weighted by Gasteiger charge is -2.09. The van der Waals surface area contributed by atoms with Crippen LogP contribution >= 0.6 is 11.6 Å². The maximum atomic E-state index is 6.33. The van der Waals surface area contributed by atoms with Crippen molar-refractivity contribution in [1.29, 1.82) is 0 Å². The minimum atomic E-state index is 0.474. The van der Waals surface area contributed by atoms with Crippen LogP contribution in [0, 0.1) is 0 Å². The fourth-order valence-corrected chi connectivity index (χ4v) is 2.71. The maximum absolute atomic E-state index is 6.33. The molecule has 4 nitrogen and oxygen atoms in total. The van der Waals surface area contributed by atoms with Crippen molar-refractivity contribution in [2.45, 2.75) is 18.9 Å². The van der Waals surface area contributed by atoms with Gasteiger partial charge in [-0.3, -0.25) is 0 Å². The van der Waals surface area contributed by atoms with Crippen LogP contribution in [0.5, 0.6) is 0 Å². The highest BCUT2D eigenvalue weighted by Gasteiger charge is 2.29. The Kier molecular flexibility index (Phi) is 2.47. The topological polar surface area (TPSA) is 56.7 Å². The fourth-order valence-electron chi connectivity index (χ4n) is 2.51. The van der Waals surface area contributed by atoms with Crippen LogP contribution in [-0.2, 0) is 0 Å². The summed E-state index contributed by atoms with van der Waals surface area (Å²) in [5.74, 6) is 0.860. The Balaban J connectivity index is 2.03. The Labute approximate surface area is 121 Å². The molecule has 0 saturated heterocycles. The van der Waals surface area contributed by atoms with Crippen LogP contribution in [0.4, 0.5) is 5.69 Å². The quantitative estimate of drug-likeness (QED) is 0.731. The Morgan fingerprint density at radius 2 is 2.10 bits per heavy atom. The number of nitrogen functional groups attached to an aromatic ring is 1. The van der Waals surface area contributed by atoms with Gasteiger partial charge < -0.3 is 10.3 Å². The zero-order chi connectivity index (χ0) is 13.7. The molecule has 1 aliphatic carbocycles. The predicted molar refractivity (Wildman–Crippen MR) is 80.7 cm³/mol. The van der Waals surface area contributed by atoms with Gasteiger partial charge in [0.1, 0.15) is 11.3 Å². The number of benzene rings is 1. The second kappa shape index (κ2) is 4.21. The number of hydrogen-bond acceptors (Lipinski definition) is 3. The first kappa shape index (κ1) is 11.7. The first-order valence-electron chi connectivity index (χ1n) is 6.62. The molecule has 2 aromatic heterocycles. The van der Waals surface area contributed by atoms with Crippen molar-refractivity contribution in [3.05, 3.63) is 41.6 Å². The number of imidazole rings is 1. The van der Waals surface area contributed by atoms with E-state index in [1.165, 1.54) is 0 Å². The number of anilines is 1. The van der Waals surface area contributed by atoms with E-state index in [0.29, 0.717) is 16.8 Å². The van der Waals surface area contributed by atoms with Crippen molar-refractivity contribution in [3.8, 4) is 11.4 Å². The van der Waals surface area contributed by atoms with Crippen molar-refractivity contribution in [2.24, 2.45) is 0 Å². The molecule has 0 amide bonds. The molecule has 1 aliphatic rings. The number of aromatic nitrogens is 3. The van der Waals surface area contributed by atoms with Crippen molar-refractivity contribution in [3.63, 3.8) is 0 Å². The molecule has 0 atom stereocenters. The molecule has 1 aromatic carbocycles. The van der Waals surface area contributed by atoms with Gasteiger partial charge in [0.15, 0.2) is 5.65 Å². The lowest BCUT2D eigenvalue weighted by molar-refractivity contribution is 0.766. The Bertz CT molecular complexity index is 805. The molecule has 20 heavy (non-hydrogen) atoms. The smallest absolute Gasteiger partial charge is 0.160 e. The molecular formula is C15H13ClN4. The summed E-state index contributed by atoms with van der Waals surface area (Å²) in [6.07, 6.45) is 4.12. The van der Waals surface area contributed by atoms with Crippen molar-refractivity contribution < 1.29 is 0 Å². The molecule has 3 aromatic rings. The zero-order valence-corrected chi connectivity index (χ0v) is 11.5. The number of rotatable bonds is 2. The first-order chi connectivity index (χ1) is 9.74. The van der Waals surface area contributed by atoms with Gasteiger partial charge in [-0.05, 0) is 43.2 Å². The molecule has 0 unspecified atom stereocenters. The molecule has 0 spiro atoms. The van der Waals surface area contributed by atoms with Gasteiger partial charge >= 0.3 is 0 Å². The Hall–Kier alpha value is -2.07. The number of halogens is 1. The highest BCUT2D eigenvalue weighted by molar-refractivity contribution is 6.33. The molecule has 100 valence electrons. The average molecular weight is 285 g/mol. The van der Waals surface area contributed by atoms with Crippen LogP contribution in [0.3, 0.4) is 0 Å². The largest absolute Gasteiger partial charge is 0.399 e. The first-order valence-corrected chi connectivity index (χ1v) is 7.00. The molecule has 2 N–H and O–H groups in total. The SMILES string of the molecule is Nc1ccc(Cl)c(-c2nc3cccnc3n2C2CC2)c1. The molecule has 0 aliphatic heterocycles. The highest BCUT2D eigenvalue weighted by Crippen LogP contribution is 2.42. The Morgan fingerprint density at radius 1 is 1.25 bits per heavy atom. The van der Waals surface area contributed by atoms with Gasteiger partial charge in [-0.1, -0.05) is 11.6 Å². The summed E-state index contributed by atoms with van der Waals surface area (Å²) in [5.41, 5.74) is 9.26. The number of nitrogens with zero attached hydrogens (tertiary/aromatic N) is 3. The monoisotopic (exact) mass is 284 g/mol. The van der Waals surface area contributed by atoms with Gasteiger partial charge in [0.05, 0.1) is 5.02 Å². The van der Waals surface area contributed by atoms with Crippen LogP contribution in [0.25, 0.3) is 22.6 Å². The third kappa shape index (κ3) is 1.76. The van der Waals surface area contributed by atoms with E-state index in [4.69, 9.17) is 22.3 Å². The van der Waals surface area contributed by atoms with Crippen LogP contribution in [0.15, 0.2) is 36.5 Å². The molecule has 5 heteroatoms. The molecule has 0 radical (unpaired) electrons. The van der Waals surface area contributed by atoms with E-state index < -0.39 is 0 Å². The average Bonchev–Trinajstić information content (AvgIpc) is 3.21. The molecule has 0 bridgehead atoms. The van der Waals surface area contributed by atoms with Crippen LogP contribution in [0.2, 0.25) is 5.02 Å². The molecule has 1 fully saturated rings. The van der Waals surface area contributed by atoms with E-state index >= 15 is 0 Å². The number of fused-ring (bicyclic) bond motifs is 1. The van der Waals surface area contributed by atoms with Crippen molar-refractivity contribution >= 4 is 28.5 Å². The minimum absolute atomic E-state index is 0.474. The summed E-state index contributed by atoms with van der Waals surface area (Å²) in [5, 5.41) is 0.663. The van der Waals surface area contributed by atoms with Gasteiger partial charge in [-0.25, -0.2) is 9.97 Å². The van der Waals surface area contributed by atoms with E-state index in [2.05, 4.69) is 9.55 Å². The molecule has 1 saturated carbocycles. The lowest BCUT2D eigenvalue weighted by Crippen LogP contribution is -1.99. The second-order valence-corrected chi connectivity index (χ2v) is 5.53. The summed E-state index contributed by atoms with van der Waals surface area (Å²) in [6.45, 7) is 0. The maximum Gasteiger partial charge on any atom is 0.160 e. The zero-order valence-electron chi connectivity index (χ0n) is 10.8. The summed E-state index contributed by atoms with van der Waals surface area (Å²) in [4.78, 5) is 9.17. The van der Waals surface area contributed by atoms with Crippen molar-refractivity contribution in [2.75, 3.05) is 5.73 Å². The number of pyridine rings is 1. The molecule has 2 heterocycles. The van der Waals surface area contributed by atoms with Gasteiger partial charge in [0.25, 0.3) is 0 Å². The lowest BCUT2D eigenvalue weighted by atomic mass is 10.2. The summed E-state index contributed by atoms with van der Waals surface area (Å²) in [6, 6.07) is 9.84. The minimum Gasteiger partial charge on any atom is -0.399 e. The van der Waals surface area contributed by atoms with Crippen LogP contribution in [-0.4, -0.2) is 14.5 Å². The van der Waals surface area contributed by atoms with Gasteiger partial charge in [-0.15, -0.1) is 0 Å². The van der Waals surface area contributed by atoms with E-state index in [9.17, 15) is 0 Å². The van der Waals surface area contributed by atoms with E-state index in [0.717, 1.165) is 35.4 Å². The summed E-state index contributed by atoms with van der Waals surface area (Å²) < 4.78 is 2.19. The second-order valence-electron chi connectivity index (χ2n) is 5.12. The summed E-state index contributed by atoms with van der Waals surface area (Å²) in [7, 11) is 0. The third-order valence-corrected chi connectivity index (χ3v) is 3.92. The highest BCUT2D eigenvalue weighted by atomic mass is 35.5. The van der Waals surface area contributed by atoms with Crippen LogP contribution < -0.4 is 5.73 Å². The molecular weight excluding hydrogens is 272 g/mol. The van der Waals surface area contributed by atoms with E-state index in [-0.39, 0.29) is 0 Å². The summed E-state index contributed by atoms with van der Waals surface area (Å²) >= 11 is 6.33. The third-order valence-electron chi connectivity index (χ3n) is 3.59. The van der Waals surface area contributed by atoms with Crippen LogP contribution in [0.1, 0.15) is 18.9 Å². The predicted octanol–water partition coefficient (Wildman–Crippen LogP) is 3.67. The number of hydrogen-bond donors (Lipinski definition) is 1.